The van der Waals surface area contributed by atoms with Gasteiger partial charge in [-0.2, -0.15) is 5.10 Å². The topological polar surface area (TPSA) is 38.1 Å². The van der Waals surface area contributed by atoms with Crippen LogP contribution >= 0.6 is 0 Å². The normalized spacial score (nSPS) is 26.2. The van der Waals surface area contributed by atoms with Crippen molar-refractivity contribution in [3.63, 3.8) is 0 Å². The highest BCUT2D eigenvalue weighted by Gasteiger charge is 2.46. The first kappa shape index (κ1) is 17.5. The maximum absolute atomic E-state index is 13.3. The SMILES string of the molecule is CC(C)[C@H](O)[C@H]1CCCC2=Cc3c(cnn3-c3ccc(F)cc3)C[C@@]21C. The number of halogens is 1. The molecule has 2 aromatic rings. The van der Waals surface area contributed by atoms with Crippen LogP contribution < -0.4 is 0 Å². The van der Waals surface area contributed by atoms with E-state index in [2.05, 4.69) is 31.9 Å². The van der Waals surface area contributed by atoms with Gasteiger partial charge in [0.15, 0.2) is 0 Å². The predicted octanol–water partition coefficient (Wildman–Crippen LogP) is 4.77. The van der Waals surface area contributed by atoms with E-state index in [1.807, 2.05) is 10.9 Å². The van der Waals surface area contributed by atoms with E-state index in [4.69, 9.17) is 0 Å². The van der Waals surface area contributed by atoms with Crippen LogP contribution in [-0.2, 0) is 6.42 Å². The van der Waals surface area contributed by atoms with Gasteiger partial charge in [-0.1, -0.05) is 26.3 Å². The number of allylic oxidation sites excluding steroid dienone is 1. The zero-order chi connectivity index (χ0) is 18.5. The Morgan fingerprint density at radius 2 is 2.00 bits per heavy atom. The van der Waals surface area contributed by atoms with Crippen molar-refractivity contribution >= 4 is 6.08 Å². The minimum Gasteiger partial charge on any atom is -0.393 e. The molecule has 4 rings (SSSR count). The lowest BCUT2D eigenvalue weighted by Gasteiger charge is -2.48. The van der Waals surface area contributed by atoms with Crippen LogP contribution in [0.15, 0.2) is 36.0 Å². The van der Waals surface area contributed by atoms with Gasteiger partial charge < -0.3 is 5.11 Å². The summed E-state index contributed by atoms with van der Waals surface area (Å²) in [6.07, 6.45) is 8.11. The molecule has 3 nitrogen and oxygen atoms in total. The van der Waals surface area contributed by atoms with Crippen LogP contribution in [0.2, 0.25) is 0 Å². The molecule has 0 bridgehead atoms. The molecule has 3 atom stereocenters. The molecule has 26 heavy (non-hydrogen) atoms. The van der Waals surface area contributed by atoms with Crippen molar-refractivity contribution in [1.82, 2.24) is 9.78 Å². The molecule has 138 valence electrons. The van der Waals surface area contributed by atoms with Crippen LogP contribution in [0.4, 0.5) is 4.39 Å². The maximum atomic E-state index is 13.3. The standard InChI is InChI=1S/C22H27FN2O/c1-14(2)21(26)19-6-4-5-16-11-20-15(12-22(16,19)3)13-24-25(20)18-9-7-17(23)8-10-18/h7-11,13-14,19,21,26H,4-6,12H2,1-3H3/t19-,21+,22+/m1/s1. The van der Waals surface area contributed by atoms with E-state index in [0.29, 0.717) is 0 Å². The number of hydrogen-bond acceptors (Lipinski definition) is 2. The Balaban J connectivity index is 1.74. The van der Waals surface area contributed by atoms with Crippen molar-refractivity contribution in [2.75, 3.05) is 0 Å². The lowest BCUT2D eigenvalue weighted by Crippen LogP contribution is -2.44. The summed E-state index contributed by atoms with van der Waals surface area (Å²) in [6, 6.07) is 6.47. The molecule has 0 saturated heterocycles. The fourth-order valence-electron chi connectivity index (χ4n) is 4.88. The minimum absolute atomic E-state index is 0.00834. The Morgan fingerprint density at radius 1 is 1.27 bits per heavy atom. The van der Waals surface area contributed by atoms with Crippen LogP contribution in [0.5, 0.6) is 0 Å². The van der Waals surface area contributed by atoms with Gasteiger partial charge in [0.1, 0.15) is 5.82 Å². The smallest absolute Gasteiger partial charge is 0.123 e. The molecule has 0 aliphatic heterocycles. The van der Waals surface area contributed by atoms with Gasteiger partial charge in [0, 0.05) is 0 Å². The molecule has 0 unspecified atom stereocenters. The summed E-state index contributed by atoms with van der Waals surface area (Å²) >= 11 is 0. The molecule has 1 aromatic heterocycles. The number of benzene rings is 1. The summed E-state index contributed by atoms with van der Waals surface area (Å²) in [7, 11) is 0. The van der Waals surface area contributed by atoms with Gasteiger partial charge in [-0.15, -0.1) is 0 Å². The van der Waals surface area contributed by atoms with Crippen molar-refractivity contribution < 1.29 is 9.50 Å². The summed E-state index contributed by atoms with van der Waals surface area (Å²) in [5.74, 6) is 0.308. The van der Waals surface area contributed by atoms with Crippen molar-refractivity contribution in [1.29, 1.82) is 0 Å². The van der Waals surface area contributed by atoms with Gasteiger partial charge in [-0.05, 0) is 78.8 Å². The largest absolute Gasteiger partial charge is 0.393 e. The first-order valence-electron chi connectivity index (χ1n) is 9.62. The second kappa shape index (κ2) is 6.34. The predicted molar refractivity (Wildman–Crippen MR) is 101 cm³/mol. The van der Waals surface area contributed by atoms with E-state index in [1.165, 1.54) is 23.3 Å². The molecule has 2 aliphatic rings. The first-order valence-corrected chi connectivity index (χ1v) is 9.62. The molecule has 1 N–H and O–H groups in total. The third-order valence-electron chi connectivity index (χ3n) is 6.43. The Labute approximate surface area is 154 Å². The Hall–Kier alpha value is -1.94. The summed E-state index contributed by atoms with van der Waals surface area (Å²) in [6.45, 7) is 6.52. The quantitative estimate of drug-likeness (QED) is 0.862. The van der Waals surface area contributed by atoms with E-state index >= 15 is 0 Å². The zero-order valence-corrected chi connectivity index (χ0v) is 15.7. The zero-order valence-electron chi connectivity index (χ0n) is 15.7. The second-order valence-electron chi connectivity index (χ2n) is 8.44. The third kappa shape index (κ3) is 2.71. The molecule has 1 saturated carbocycles. The number of nitrogens with zero attached hydrogens (tertiary/aromatic N) is 2. The Morgan fingerprint density at radius 3 is 2.69 bits per heavy atom. The van der Waals surface area contributed by atoms with E-state index in [-0.39, 0.29) is 29.2 Å². The number of hydrogen-bond donors (Lipinski definition) is 1. The van der Waals surface area contributed by atoms with Crippen molar-refractivity contribution in [3.8, 4) is 5.69 Å². The molecule has 0 radical (unpaired) electrons. The molecule has 4 heteroatoms. The minimum atomic E-state index is -0.280. The number of aliphatic hydroxyl groups is 1. The second-order valence-corrected chi connectivity index (χ2v) is 8.44. The molecular weight excluding hydrogens is 327 g/mol. The summed E-state index contributed by atoms with van der Waals surface area (Å²) in [5, 5.41) is 15.4. The van der Waals surface area contributed by atoms with Crippen molar-refractivity contribution in [2.24, 2.45) is 17.3 Å². The Kier molecular flexibility index (Phi) is 4.26. The fraction of sp³-hybridized carbons (Fsp3) is 0.500. The van der Waals surface area contributed by atoms with Gasteiger partial charge >= 0.3 is 0 Å². The molecule has 2 aliphatic carbocycles. The number of fused-ring (bicyclic) bond motifs is 2. The van der Waals surface area contributed by atoms with E-state index in [1.54, 1.807) is 12.1 Å². The summed E-state index contributed by atoms with van der Waals surface area (Å²) < 4.78 is 15.2. The highest BCUT2D eigenvalue weighted by Crippen LogP contribution is 2.52. The lowest BCUT2D eigenvalue weighted by molar-refractivity contribution is -0.00560. The molecule has 0 spiro atoms. The van der Waals surface area contributed by atoms with Gasteiger partial charge in [0.2, 0.25) is 0 Å². The molecule has 0 amide bonds. The summed E-state index contributed by atoms with van der Waals surface area (Å²) in [5.41, 5.74) is 4.60. The summed E-state index contributed by atoms with van der Waals surface area (Å²) in [4.78, 5) is 0. The molecule has 1 heterocycles. The van der Waals surface area contributed by atoms with Crippen LogP contribution in [0.25, 0.3) is 11.8 Å². The number of aliphatic hydroxyl groups excluding tert-OH is 1. The Bertz CT molecular complexity index is 836. The molecular formula is C22H27FN2O. The first-order chi connectivity index (χ1) is 12.4. The fourth-order valence-corrected chi connectivity index (χ4v) is 4.88. The van der Waals surface area contributed by atoms with E-state index in [0.717, 1.165) is 37.1 Å². The maximum Gasteiger partial charge on any atom is 0.123 e. The monoisotopic (exact) mass is 354 g/mol. The van der Waals surface area contributed by atoms with Crippen LogP contribution in [0, 0.1) is 23.1 Å². The lowest BCUT2D eigenvalue weighted by atomic mass is 9.57. The number of rotatable bonds is 3. The van der Waals surface area contributed by atoms with Crippen LogP contribution in [-0.4, -0.2) is 21.0 Å². The van der Waals surface area contributed by atoms with Gasteiger partial charge in [-0.3, -0.25) is 0 Å². The highest BCUT2D eigenvalue weighted by atomic mass is 19.1. The molecule has 1 fully saturated rings. The van der Waals surface area contributed by atoms with Crippen molar-refractivity contribution in [2.45, 2.75) is 52.6 Å². The van der Waals surface area contributed by atoms with Gasteiger partial charge in [0.25, 0.3) is 0 Å². The van der Waals surface area contributed by atoms with Gasteiger partial charge in [-0.25, -0.2) is 9.07 Å². The van der Waals surface area contributed by atoms with Crippen LogP contribution in [0.1, 0.15) is 51.3 Å². The van der Waals surface area contributed by atoms with E-state index in [9.17, 15) is 9.50 Å². The van der Waals surface area contributed by atoms with Crippen molar-refractivity contribution in [3.05, 3.63) is 53.1 Å². The average Bonchev–Trinajstić information content (AvgIpc) is 3.01. The highest BCUT2D eigenvalue weighted by molar-refractivity contribution is 5.61. The van der Waals surface area contributed by atoms with E-state index < -0.39 is 0 Å². The molecule has 1 aromatic carbocycles. The number of aromatic nitrogens is 2. The van der Waals surface area contributed by atoms with Gasteiger partial charge in [0.05, 0.1) is 23.7 Å². The van der Waals surface area contributed by atoms with Crippen LogP contribution in [0.3, 0.4) is 0 Å². The third-order valence-corrected chi connectivity index (χ3v) is 6.43. The average molecular weight is 354 g/mol.